The first-order chi connectivity index (χ1) is 9.54. The molecule has 0 aliphatic carbocycles. The minimum Gasteiger partial charge on any atom is -0.385 e. The van der Waals surface area contributed by atoms with E-state index in [1.165, 1.54) is 11.8 Å². The number of hydrogen-bond acceptors (Lipinski definition) is 6. The summed E-state index contributed by atoms with van der Waals surface area (Å²) in [6.07, 6.45) is 0.810. The fraction of sp³-hybridized carbons (Fsp3) is 0.833. The number of ether oxygens (including phenoxy) is 1. The fourth-order valence-corrected chi connectivity index (χ4v) is 2.35. The molecule has 1 aromatic rings. The highest BCUT2D eigenvalue weighted by molar-refractivity contribution is 8.00. The maximum absolute atomic E-state index is 11.9. The van der Waals surface area contributed by atoms with Gasteiger partial charge in [0.25, 0.3) is 0 Å². The molecule has 0 bridgehead atoms. The van der Waals surface area contributed by atoms with Gasteiger partial charge in [-0.3, -0.25) is 4.79 Å². The molecule has 7 nitrogen and oxygen atoms in total. The standard InChI is InChI=1S/C12H23N5O2S/c1-9(2)8-17-12(14-15-16-17)20-10(3)11(18)13-6-5-7-19-4/h9-10H,5-8H2,1-4H3,(H,13,18). The quantitative estimate of drug-likeness (QED) is 0.540. The van der Waals surface area contributed by atoms with Gasteiger partial charge in [-0.25, -0.2) is 4.68 Å². The summed E-state index contributed by atoms with van der Waals surface area (Å²) in [5.41, 5.74) is 0. The third-order valence-corrected chi connectivity index (χ3v) is 3.58. The largest absolute Gasteiger partial charge is 0.385 e. The first-order valence-electron chi connectivity index (χ1n) is 6.74. The number of nitrogens with zero attached hydrogens (tertiary/aromatic N) is 4. The van der Waals surface area contributed by atoms with Gasteiger partial charge in [-0.2, -0.15) is 0 Å². The van der Waals surface area contributed by atoms with E-state index in [2.05, 4.69) is 34.7 Å². The summed E-state index contributed by atoms with van der Waals surface area (Å²) in [6, 6.07) is 0. The Balaban J connectivity index is 2.43. The van der Waals surface area contributed by atoms with Gasteiger partial charge in [0.2, 0.25) is 11.1 Å². The van der Waals surface area contributed by atoms with Crippen molar-refractivity contribution in [2.45, 2.75) is 44.1 Å². The van der Waals surface area contributed by atoms with Crippen molar-refractivity contribution in [3.8, 4) is 0 Å². The number of thioether (sulfide) groups is 1. The van der Waals surface area contributed by atoms with Crippen molar-refractivity contribution in [3.63, 3.8) is 0 Å². The van der Waals surface area contributed by atoms with Crippen LogP contribution in [0.4, 0.5) is 0 Å². The Labute approximate surface area is 123 Å². The molecule has 0 saturated heterocycles. The van der Waals surface area contributed by atoms with Crippen molar-refractivity contribution in [2.75, 3.05) is 20.3 Å². The molecular weight excluding hydrogens is 278 g/mol. The van der Waals surface area contributed by atoms with E-state index >= 15 is 0 Å². The molecule has 0 aliphatic rings. The highest BCUT2D eigenvalue weighted by Crippen LogP contribution is 2.20. The lowest BCUT2D eigenvalue weighted by Crippen LogP contribution is -2.32. The zero-order valence-corrected chi connectivity index (χ0v) is 13.3. The molecule has 1 N–H and O–H groups in total. The van der Waals surface area contributed by atoms with Crippen molar-refractivity contribution < 1.29 is 9.53 Å². The summed E-state index contributed by atoms with van der Waals surface area (Å²) in [6.45, 7) is 8.06. The fourth-order valence-electron chi connectivity index (χ4n) is 1.52. The van der Waals surface area contributed by atoms with Gasteiger partial charge in [-0.1, -0.05) is 25.6 Å². The highest BCUT2D eigenvalue weighted by Gasteiger charge is 2.18. The van der Waals surface area contributed by atoms with Crippen molar-refractivity contribution in [3.05, 3.63) is 0 Å². The first kappa shape index (κ1) is 16.9. The van der Waals surface area contributed by atoms with E-state index in [9.17, 15) is 4.79 Å². The highest BCUT2D eigenvalue weighted by atomic mass is 32.2. The van der Waals surface area contributed by atoms with Gasteiger partial charge in [0.15, 0.2) is 0 Å². The average Bonchev–Trinajstić information content (AvgIpc) is 2.81. The zero-order chi connectivity index (χ0) is 15.0. The van der Waals surface area contributed by atoms with E-state index in [0.29, 0.717) is 24.2 Å². The molecule has 0 aromatic carbocycles. The van der Waals surface area contributed by atoms with E-state index < -0.39 is 0 Å². The molecule has 1 unspecified atom stereocenters. The van der Waals surface area contributed by atoms with Crippen LogP contribution < -0.4 is 5.32 Å². The smallest absolute Gasteiger partial charge is 0.233 e. The maximum atomic E-state index is 11.9. The number of rotatable bonds is 9. The molecule has 8 heteroatoms. The summed E-state index contributed by atoms with van der Waals surface area (Å²) >= 11 is 1.37. The lowest BCUT2D eigenvalue weighted by atomic mass is 10.2. The number of amides is 1. The summed E-state index contributed by atoms with van der Waals surface area (Å²) in [5, 5.41) is 14.9. The van der Waals surface area contributed by atoms with Crippen LogP contribution in [0.2, 0.25) is 0 Å². The molecule has 0 radical (unpaired) electrons. The zero-order valence-electron chi connectivity index (χ0n) is 12.5. The number of methoxy groups -OCH3 is 1. The Hall–Kier alpha value is -1.15. The molecule has 0 aliphatic heterocycles. The monoisotopic (exact) mass is 301 g/mol. The van der Waals surface area contributed by atoms with Gasteiger partial charge in [0, 0.05) is 26.8 Å². The van der Waals surface area contributed by atoms with Crippen molar-refractivity contribution in [1.82, 2.24) is 25.5 Å². The minimum absolute atomic E-state index is 0.00907. The Morgan fingerprint density at radius 2 is 2.20 bits per heavy atom. The Morgan fingerprint density at radius 3 is 2.85 bits per heavy atom. The second-order valence-electron chi connectivity index (χ2n) is 4.93. The second kappa shape index (κ2) is 8.91. The minimum atomic E-state index is -0.227. The topological polar surface area (TPSA) is 81.9 Å². The molecule has 1 aromatic heterocycles. The number of hydrogen-bond donors (Lipinski definition) is 1. The molecule has 114 valence electrons. The van der Waals surface area contributed by atoms with Crippen LogP contribution in [0.3, 0.4) is 0 Å². The Bertz CT molecular complexity index is 410. The number of carbonyl (C=O) groups is 1. The molecule has 1 amide bonds. The summed E-state index contributed by atoms with van der Waals surface area (Å²) in [4.78, 5) is 11.9. The van der Waals surface area contributed by atoms with Crippen molar-refractivity contribution >= 4 is 17.7 Å². The van der Waals surface area contributed by atoms with E-state index in [1.54, 1.807) is 11.8 Å². The van der Waals surface area contributed by atoms with E-state index in [-0.39, 0.29) is 11.2 Å². The number of carbonyl (C=O) groups excluding carboxylic acids is 1. The normalized spacial score (nSPS) is 12.7. The molecule has 1 atom stereocenters. The summed E-state index contributed by atoms with van der Waals surface area (Å²) in [5.74, 6) is 0.446. The van der Waals surface area contributed by atoms with Crippen molar-refractivity contribution in [1.29, 1.82) is 0 Å². The van der Waals surface area contributed by atoms with Gasteiger partial charge >= 0.3 is 0 Å². The van der Waals surface area contributed by atoms with Crippen LogP contribution >= 0.6 is 11.8 Å². The van der Waals surface area contributed by atoms with Gasteiger partial charge in [0.05, 0.1) is 5.25 Å². The van der Waals surface area contributed by atoms with Crippen LogP contribution in [0.15, 0.2) is 5.16 Å². The lowest BCUT2D eigenvalue weighted by molar-refractivity contribution is -0.120. The van der Waals surface area contributed by atoms with Gasteiger partial charge in [-0.15, -0.1) is 5.10 Å². The Kier molecular flexibility index (Phi) is 7.53. The van der Waals surface area contributed by atoms with Crippen LogP contribution in [0.25, 0.3) is 0 Å². The summed E-state index contributed by atoms with van der Waals surface area (Å²) < 4.78 is 6.68. The third kappa shape index (κ3) is 5.87. The van der Waals surface area contributed by atoms with Gasteiger partial charge in [0.1, 0.15) is 0 Å². The molecule has 0 saturated carbocycles. The Morgan fingerprint density at radius 1 is 1.45 bits per heavy atom. The number of nitrogens with one attached hydrogen (secondary N) is 1. The summed E-state index contributed by atoms with van der Waals surface area (Å²) in [7, 11) is 1.65. The van der Waals surface area contributed by atoms with Crippen LogP contribution in [-0.2, 0) is 16.1 Å². The second-order valence-corrected chi connectivity index (χ2v) is 6.24. The van der Waals surface area contributed by atoms with Crippen LogP contribution in [0.1, 0.15) is 27.2 Å². The predicted octanol–water partition coefficient (Wildman–Crippen LogP) is 0.962. The molecule has 0 spiro atoms. The van der Waals surface area contributed by atoms with E-state index in [1.807, 2.05) is 6.92 Å². The van der Waals surface area contributed by atoms with E-state index in [0.717, 1.165) is 13.0 Å². The van der Waals surface area contributed by atoms with E-state index in [4.69, 9.17) is 4.74 Å². The molecular formula is C12H23N5O2S. The molecule has 0 fully saturated rings. The lowest BCUT2D eigenvalue weighted by Gasteiger charge is -2.12. The number of aromatic nitrogens is 4. The van der Waals surface area contributed by atoms with Gasteiger partial charge in [-0.05, 0) is 29.7 Å². The first-order valence-corrected chi connectivity index (χ1v) is 7.62. The van der Waals surface area contributed by atoms with Crippen LogP contribution in [0, 0.1) is 5.92 Å². The SMILES string of the molecule is COCCCNC(=O)C(C)Sc1nnnn1CC(C)C. The molecule has 1 rings (SSSR count). The van der Waals surface area contributed by atoms with Gasteiger partial charge < -0.3 is 10.1 Å². The third-order valence-electron chi connectivity index (χ3n) is 2.51. The van der Waals surface area contributed by atoms with Crippen molar-refractivity contribution in [2.24, 2.45) is 5.92 Å². The van der Waals surface area contributed by atoms with Crippen LogP contribution in [0.5, 0.6) is 0 Å². The molecule has 1 heterocycles. The molecule has 20 heavy (non-hydrogen) atoms. The number of tetrazole rings is 1. The van der Waals surface area contributed by atoms with Crippen LogP contribution in [-0.4, -0.2) is 51.6 Å². The average molecular weight is 301 g/mol. The predicted molar refractivity (Wildman–Crippen MR) is 77.5 cm³/mol. The maximum Gasteiger partial charge on any atom is 0.233 e.